The topological polar surface area (TPSA) is 98.5 Å². The van der Waals surface area contributed by atoms with E-state index in [1.807, 2.05) is 6.07 Å². The van der Waals surface area contributed by atoms with Crippen LogP contribution in [0.4, 0.5) is 0 Å². The van der Waals surface area contributed by atoms with E-state index in [0.29, 0.717) is 17.3 Å². The first-order chi connectivity index (χ1) is 10.3. The van der Waals surface area contributed by atoms with E-state index in [2.05, 4.69) is 15.9 Å². The van der Waals surface area contributed by atoms with Gasteiger partial charge in [0.1, 0.15) is 11.0 Å². The van der Waals surface area contributed by atoms with Gasteiger partial charge >= 0.3 is 5.97 Å². The molecule has 1 aliphatic rings. The van der Waals surface area contributed by atoms with Crippen molar-refractivity contribution in [1.29, 1.82) is 5.26 Å². The minimum atomic E-state index is -3.93. The lowest BCUT2D eigenvalue weighted by atomic mass is 9.96. The highest BCUT2D eigenvalue weighted by Gasteiger charge is 2.38. The van der Waals surface area contributed by atoms with Gasteiger partial charge in [-0.2, -0.15) is 9.57 Å². The Bertz CT molecular complexity index is 742. The predicted octanol–water partition coefficient (Wildman–Crippen LogP) is 2.19. The van der Waals surface area contributed by atoms with Gasteiger partial charge in [-0.15, -0.1) is 0 Å². The highest BCUT2D eigenvalue weighted by molar-refractivity contribution is 9.10. The lowest BCUT2D eigenvalue weighted by Gasteiger charge is -2.35. The van der Waals surface area contributed by atoms with Crippen LogP contribution in [0.2, 0.25) is 0 Å². The molecule has 118 valence electrons. The van der Waals surface area contributed by atoms with E-state index in [-0.39, 0.29) is 23.0 Å². The zero-order chi connectivity index (χ0) is 16.5. The number of halogens is 1. The van der Waals surface area contributed by atoms with Gasteiger partial charge in [-0.25, -0.2) is 8.42 Å². The van der Waals surface area contributed by atoms with Crippen molar-refractivity contribution in [2.75, 3.05) is 6.54 Å². The van der Waals surface area contributed by atoms with Crippen molar-refractivity contribution in [3.63, 3.8) is 0 Å². The van der Waals surface area contributed by atoms with Gasteiger partial charge in [-0.3, -0.25) is 4.79 Å². The molecule has 1 heterocycles. The zero-order valence-electron chi connectivity index (χ0n) is 11.9. The van der Waals surface area contributed by atoms with Gasteiger partial charge in [-0.1, -0.05) is 6.07 Å². The van der Waals surface area contributed by atoms with Gasteiger partial charge in [0.15, 0.2) is 0 Å². The van der Waals surface area contributed by atoms with Gasteiger partial charge in [-0.05, 0) is 47.8 Å². The monoisotopic (exact) mass is 386 g/mol. The number of nitrogens with zero attached hydrogens (tertiary/aromatic N) is 2. The normalized spacial score (nSPS) is 23.0. The van der Waals surface area contributed by atoms with Crippen molar-refractivity contribution in [3.05, 3.63) is 28.2 Å². The van der Waals surface area contributed by atoms with Crippen molar-refractivity contribution >= 4 is 31.9 Å². The second-order valence-electron chi connectivity index (χ2n) is 5.26. The van der Waals surface area contributed by atoms with Crippen molar-refractivity contribution in [3.8, 4) is 6.07 Å². The number of rotatable bonds is 3. The van der Waals surface area contributed by atoms with E-state index in [1.54, 1.807) is 19.1 Å². The third-order valence-electron chi connectivity index (χ3n) is 3.85. The van der Waals surface area contributed by atoms with E-state index in [0.717, 1.165) is 0 Å². The Morgan fingerprint density at radius 1 is 1.45 bits per heavy atom. The summed E-state index contributed by atoms with van der Waals surface area (Å²) in [5.41, 5.74) is 0.0344. The number of hydrogen-bond acceptors (Lipinski definition) is 4. The summed E-state index contributed by atoms with van der Waals surface area (Å²) >= 11 is 3.17. The lowest BCUT2D eigenvalue weighted by molar-refractivity contribution is -0.143. The average Bonchev–Trinajstić information content (AvgIpc) is 2.46. The number of benzene rings is 1. The first-order valence-corrected chi connectivity index (χ1v) is 8.95. The van der Waals surface area contributed by atoms with Crippen molar-refractivity contribution in [2.45, 2.75) is 30.7 Å². The molecule has 0 aromatic heterocycles. The Labute approximate surface area is 137 Å². The number of carboxylic acids is 1. The third-order valence-corrected chi connectivity index (χ3v) is 6.53. The Hall–Kier alpha value is -1.43. The first kappa shape index (κ1) is 16.9. The molecular weight excluding hydrogens is 372 g/mol. The number of piperidine rings is 1. The summed E-state index contributed by atoms with van der Waals surface area (Å²) in [6.07, 6.45) is 0.929. The van der Waals surface area contributed by atoms with Crippen LogP contribution in [-0.2, 0) is 14.8 Å². The average molecular weight is 387 g/mol. The van der Waals surface area contributed by atoms with E-state index in [9.17, 15) is 18.5 Å². The minimum absolute atomic E-state index is 0.0344. The largest absolute Gasteiger partial charge is 0.481 e. The summed E-state index contributed by atoms with van der Waals surface area (Å²) in [5, 5.41) is 18.4. The molecule has 6 nitrogen and oxygen atoms in total. The quantitative estimate of drug-likeness (QED) is 0.857. The molecule has 0 bridgehead atoms. The molecular formula is C14H15BrN2O4S. The number of carboxylic acid groups (broad SMARTS) is 1. The highest BCUT2D eigenvalue weighted by Crippen LogP contribution is 2.31. The molecule has 1 aromatic carbocycles. The van der Waals surface area contributed by atoms with Crippen LogP contribution in [0, 0.1) is 17.2 Å². The zero-order valence-corrected chi connectivity index (χ0v) is 14.3. The van der Waals surface area contributed by atoms with Crippen molar-refractivity contribution in [1.82, 2.24) is 4.31 Å². The fraction of sp³-hybridized carbons (Fsp3) is 0.429. The standard InChI is InChI=1S/C14H15BrN2O4S/c1-9-5-6-10(14(18)19)8-17(9)22(20,21)13-4-2-3-12(15)11(13)7-16/h2-4,9-10H,5-6,8H2,1H3,(H,18,19). The molecule has 2 rings (SSSR count). The maximum absolute atomic E-state index is 12.9. The summed E-state index contributed by atoms with van der Waals surface area (Å²) in [6.45, 7) is 1.68. The molecule has 0 spiro atoms. The molecule has 8 heteroatoms. The predicted molar refractivity (Wildman–Crippen MR) is 82.6 cm³/mol. The minimum Gasteiger partial charge on any atom is -0.481 e. The van der Waals surface area contributed by atoms with Gasteiger partial charge in [0.25, 0.3) is 0 Å². The van der Waals surface area contributed by atoms with Crippen molar-refractivity contribution in [2.24, 2.45) is 5.92 Å². The first-order valence-electron chi connectivity index (χ1n) is 6.72. The summed E-state index contributed by atoms with van der Waals surface area (Å²) < 4.78 is 27.3. The van der Waals surface area contributed by atoms with Crippen LogP contribution < -0.4 is 0 Å². The summed E-state index contributed by atoms with van der Waals surface area (Å²) in [7, 11) is -3.93. The van der Waals surface area contributed by atoms with Gasteiger partial charge < -0.3 is 5.11 Å². The second-order valence-corrected chi connectivity index (χ2v) is 7.97. The number of hydrogen-bond donors (Lipinski definition) is 1. The number of nitriles is 1. The van der Waals surface area contributed by atoms with Crippen LogP contribution in [0.5, 0.6) is 0 Å². The molecule has 1 fully saturated rings. The van der Waals surface area contributed by atoms with Gasteiger partial charge in [0.2, 0.25) is 10.0 Å². The SMILES string of the molecule is CC1CCC(C(=O)O)CN1S(=O)(=O)c1cccc(Br)c1C#N. The molecule has 0 radical (unpaired) electrons. The van der Waals surface area contributed by atoms with Crippen molar-refractivity contribution < 1.29 is 18.3 Å². The van der Waals surface area contributed by atoms with E-state index < -0.39 is 21.9 Å². The number of aliphatic carboxylic acids is 1. The summed E-state index contributed by atoms with van der Waals surface area (Å²) in [4.78, 5) is 11.1. The Kier molecular flexibility index (Phi) is 4.90. The van der Waals surface area contributed by atoms with E-state index >= 15 is 0 Å². The van der Waals surface area contributed by atoms with E-state index in [1.165, 1.54) is 10.4 Å². The molecule has 1 N–H and O–H groups in total. The highest BCUT2D eigenvalue weighted by atomic mass is 79.9. The molecule has 2 unspecified atom stereocenters. The molecule has 2 atom stereocenters. The smallest absolute Gasteiger partial charge is 0.307 e. The fourth-order valence-corrected chi connectivity index (χ4v) is 5.02. The van der Waals surface area contributed by atoms with Crippen LogP contribution in [0.15, 0.2) is 27.6 Å². The summed E-state index contributed by atoms with van der Waals surface area (Å²) in [5.74, 6) is -1.72. The maximum atomic E-state index is 12.9. The number of sulfonamides is 1. The Morgan fingerprint density at radius 2 is 2.14 bits per heavy atom. The number of carbonyl (C=O) groups is 1. The van der Waals surface area contributed by atoms with Crippen LogP contribution in [0.1, 0.15) is 25.3 Å². The third kappa shape index (κ3) is 3.02. The fourth-order valence-electron chi connectivity index (χ4n) is 2.57. The molecule has 1 saturated heterocycles. The molecule has 1 aliphatic heterocycles. The molecule has 22 heavy (non-hydrogen) atoms. The molecule has 0 saturated carbocycles. The van der Waals surface area contributed by atoms with Crippen LogP contribution in [-0.4, -0.2) is 36.4 Å². The molecule has 0 aliphatic carbocycles. The molecule has 0 amide bonds. The maximum Gasteiger partial charge on any atom is 0.307 e. The summed E-state index contributed by atoms with van der Waals surface area (Å²) in [6, 6.07) is 6.10. The lowest BCUT2D eigenvalue weighted by Crippen LogP contribution is -2.47. The van der Waals surface area contributed by atoms with Gasteiger partial charge in [0, 0.05) is 17.1 Å². The van der Waals surface area contributed by atoms with E-state index in [4.69, 9.17) is 5.11 Å². The van der Waals surface area contributed by atoms with Crippen LogP contribution in [0.25, 0.3) is 0 Å². The van der Waals surface area contributed by atoms with Crippen LogP contribution >= 0.6 is 15.9 Å². The van der Waals surface area contributed by atoms with Gasteiger partial charge in [0.05, 0.1) is 11.5 Å². The molecule has 1 aromatic rings. The Balaban J connectivity index is 2.48. The second kappa shape index (κ2) is 6.36. The Morgan fingerprint density at radius 3 is 2.73 bits per heavy atom. The van der Waals surface area contributed by atoms with Crippen LogP contribution in [0.3, 0.4) is 0 Å².